The van der Waals surface area contributed by atoms with Crippen molar-refractivity contribution < 1.29 is 18.0 Å². The maximum absolute atomic E-state index is 13.1. The number of carbonyl (C=O) groups excluding carboxylic acids is 1. The molecular weight excluding hydrogens is 385 g/mol. The number of amides is 1. The summed E-state index contributed by atoms with van der Waals surface area (Å²) in [6.45, 7) is 4.17. The van der Waals surface area contributed by atoms with E-state index >= 15 is 0 Å². The molecule has 1 N–H and O–H groups in total. The fraction of sp³-hybridized carbons (Fsp3) is 0.238. The Hall–Kier alpha value is -2.67. The van der Waals surface area contributed by atoms with Crippen molar-refractivity contribution in [2.75, 3.05) is 5.32 Å². The van der Waals surface area contributed by atoms with Crippen LogP contribution in [0.4, 0.5) is 18.9 Å². The van der Waals surface area contributed by atoms with Gasteiger partial charge in [0.25, 0.3) is 5.91 Å². The average molecular weight is 404 g/mol. The van der Waals surface area contributed by atoms with Crippen LogP contribution in [-0.2, 0) is 12.6 Å². The zero-order valence-corrected chi connectivity index (χ0v) is 16.2. The topological polar surface area (TPSA) is 42.0 Å². The molecule has 3 rings (SSSR count). The number of halogens is 3. The summed E-state index contributed by atoms with van der Waals surface area (Å²) in [5, 5.41) is 4.78. The Morgan fingerprint density at radius 2 is 1.79 bits per heavy atom. The van der Waals surface area contributed by atoms with Gasteiger partial charge >= 0.3 is 6.18 Å². The molecule has 7 heteroatoms. The van der Waals surface area contributed by atoms with Gasteiger partial charge in [0.05, 0.1) is 10.6 Å². The van der Waals surface area contributed by atoms with Gasteiger partial charge < -0.3 is 5.32 Å². The molecule has 0 bridgehead atoms. The van der Waals surface area contributed by atoms with Crippen LogP contribution in [0.25, 0.3) is 0 Å². The van der Waals surface area contributed by atoms with Crippen LogP contribution in [0.1, 0.15) is 52.0 Å². The average Bonchev–Trinajstić information content (AvgIpc) is 3.10. The molecule has 0 fully saturated rings. The summed E-state index contributed by atoms with van der Waals surface area (Å²) in [5.41, 5.74) is 1.46. The fourth-order valence-electron chi connectivity index (χ4n) is 2.76. The summed E-state index contributed by atoms with van der Waals surface area (Å²) in [7, 11) is 0. The molecule has 0 radical (unpaired) electrons. The number of nitrogens with one attached hydrogen (secondary N) is 1. The Balaban J connectivity index is 1.71. The number of benzene rings is 2. The first-order valence-electron chi connectivity index (χ1n) is 8.75. The van der Waals surface area contributed by atoms with Gasteiger partial charge in [0.15, 0.2) is 0 Å². The molecule has 3 aromatic rings. The van der Waals surface area contributed by atoms with Crippen LogP contribution in [0.2, 0.25) is 0 Å². The van der Waals surface area contributed by atoms with Gasteiger partial charge in [0.2, 0.25) is 0 Å². The summed E-state index contributed by atoms with van der Waals surface area (Å²) in [6, 6.07) is 12.9. The van der Waals surface area contributed by atoms with Gasteiger partial charge in [-0.3, -0.25) is 4.79 Å². The van der Waals surface area contributed by atoms with E-state index in [-0.39, 0.29) is 23.6 Å². The first-order chi connectivity index (χ1) is 13.2. The van der Waals surface area contributed by atoms with E-state index in [1.807, 2.05) is 24.3 Å². The lowest BCUT2D eigenvalue weighted by molar-refractivity contribution is -0.138. The highest BCUT2D eigenvalue weighted by Gasteiger charge is 2.33. The Bertz CT molecular complexity index is 962. The Kier molecular flexibility index (Phi) is 5.84. The molecule has 1 heterocycles. The second-order valence-electron chi connectivity index (χ2n) is 6.69. The monoisotopic (exact) mass is 404 g/mol. The largest absolute Gasteiger partial charge is 0.416 e. The molecule has 0 aliphatic carbocycles. The number of carbonyl (C=O) groups is 1. The predicted molar refractivity (Wildman–Crippen MR) is 105 cm³/mol. The minimum Gasteiger partial charge on any atom is -0.321 e. The Morgan fingerprint density at radius 1 is 1.11 bits per heavy atom. The SMILES string of the molecule is CC(C)c1ccc(NC(=O)c2csc(Cc3ccccc3C(F)(F)F)n2)cc1. The van der Waals surface area contributed by atoms with E-state index in [1.54, 1.807) is 11.4 Å². The highest BCUT2D eigenvalue weighted by atomic mass is 32.1. The lowest BCUT2D eigenvalue weighted by Crippen LogP contribution is -2.12. The number of anilines is 1. The maximum Gasteiger partial charge on any atom is 0.416 e. The van der Waals surface area contributed by atoms with E-state index in [9.17, 15) is 18.0 Å². The lowest BCUT2D eigenvalue weighted by atomic mass is 10.0. The van der Waals surface area contributed by atoms with Gasteiger partial charge in [-0.25, -0.2) is 4.98 Å². The Morgan fingerprint density at radius 3 is 2.43 bits per heavy atom. The second kappa shape index (κ2) is 8.14. The summed E-state index contributed by atoms with van der Waals surface area (Å²) in [4.78, 5) is 16.6. The number of hydrogen-bond donors (Lipinski definition) is 1. The highest BCUT2D eigenvalue weighted by molar-refractivity contribution is 7.09. The standard InChI is InChI=1S/C21H19F3N2OS/c1-13(2)14-7-9-16(10-8-14)25-20(27)18-12-28-19(26-18)11-15-5-3-4-6-17(15)21(22,23)24/h3-10,12-13H,11H2,1-2H3,(H,25,27). The van der Waals surface area contributed by atoms with Gasteiger partial charge in [-0.05, 0) is 35.2 Å². The number of thiazole rings is 1. The predicted octanol–water partition coefficient (Wildman–Crippen LogP) is 6.13. The molecule has 146 valence electrons. The second-order valence-corrected chi connectivity index (χ2v) is 7.63. The van der Waals surface area contributed by atoms with Crippen molar-refractivity contribution in [3.63, 3.8) is 0 Å². The van der Waals surface area contributed by atoms with Crippen molar-refractivity contribution in [2.24, 2.45) is 0 Å². The zero-order valence-electron chi connectivity index (χ0n) is 15.4. The van der Waals surface area contributed by atoms with Gasteiger partial charge in [-0.15, -0.1) is 11.3 Å². The smallest absolute Gasteiger partial charge is 0.321 e. The molecule has 1 amide bonds. The molecule has 0 aliphatic rings. The fourth-order valence-corrected chi connectivity index (χ4v) is 3.55. The van der Waals surface area contributed by atoms with E-state index in [0.29, 0.717) is 16.6 Å². The van der Waals surface area contributed by atoms with Crippen LogP contribution in [-0.4, -0.2) is 10.9 Å². The van der Waals surface area contributed by atoms with Crippen molar-refractivity contribution in [3.05, 3.63) is 81.3 Å². The number of aromatic nitrogens is 1. The molecule has 0 saturated heterocycles. The number of alkyl halides is 3. The molecular formula is C21H19F3N2OS. The van der Waals surface area contributed by atoms with Gasteiger partial charge in [-0.1, -0.05) is 44.2 Å². The van der Waals surface area contributed by atoms with Crippen molar-refractivity contribution in [2.45, 2.75) is 32.4 Å². The van der Waals surface area contributed by atoms with E-state index < -0.39 is 11.7 Å². The third-order valence-corrected chi connectivity index (χ3v) is 5.13. The van der Waals surface area contributed by atoms with Gasteiger partial charge in [-0.2, -0.15) is 13.2 Å². The molecule has 0 aliphatic heterocycles. The van der Waals surface area contributed by atoms with Crippen LogP contribution in [0.3, 0.4) is 0 Å². The van der Waals surface area contributed by atoms with Crippen molar-refractivity contribution in [3.8, 4) is 0 Å². The molecule has 3 nitrogen and oxygen atoms in total. The van der Waals surface area contributed by atoms with E-state index in [4.69, 9.17) is 0 Å². The van der Waals surface area contributed by atoms with E-state index in [0.717, 1.165) is 11.6 Å². The van der Waals surface area contributed by atoms with Crippen LogP contribution >= 0.6 is 11.3 Å². The quantitative estimate of drug-likeness (QED) is 0.556. The molecule has 2 aromatic carbocycles. The van der Waals surface area contributed by atoms with Crippen molar-refractivity contribution >= 4 is 22.9 Å². The van der Waals surface area contributed by atoms with Gasteiger partial charge in [0, 0.05) is 17.5 Å². The lowest BCUT2D eigenvalue weighted by Gasteiger charge is -2.11. The molecule has 0 saturated carbocycles. The minimum absolute atomic E-state index is 0.0245. The Labute approximate surface area is 165 Å². The summed E-state index contributed by atoms with van der Waals surface area (Å²) in [5.74, 6) is 0.00864. The van der Waals surface area contributed by atoms with Crippen molar-refractivity contribution in [1.29, 1.82) is 0 Å². The molecule has 1 aromatic heterocycles. The number of hydrogen-bond acceptors (Lipinski definition) is 3. The van der Waals surface area contributed by atoms with E-state index in [1.165, 1.54) is 23.5 Å². The normalized spacial score (nSPS) is 11.6. The van der Waals surface area contributed by atoms with E-state index in [2.05, 4.69) is 24.1 Å². The first kappa shape index (κ1) is 20.1. The third kappa shape index (κ3) is 4.78. The van der Waals surface area contributed by atoms with Gasteiger partial charge in [0.1, 0.15) is 5.69 Å². The van der Waals surface area contributed by atoms with Crippen LogP contribution < -0.4 is 5.32 Å². The first-order valence-corrected chi connectivity index (χ1v) is 9.63. The molecule has 0 atom stereocenters. The summed E-state index contributed by atoms with van der Waals surface area (Å²) >= 11 is 1.17. The van der Waals surface area contributed by atoms with Crippen LogP contribution in [0, 0.1) is 0 Å². The highest BCUT2D eigenvalue weighted by Crippen LogP contribution is 2.33. The number of nitrogens with zero attached hydrogens (tertiary/aromatic N) is 1. The molecule has 0 spiro atoms. The third-order valence-electron chi connectivity index (χ3n) is 4.28. The molecule has 28 heavy (non-hydrogen) atoms. The summed E-state index contributed by atoms with van der Waals surface area (Å²) < 4.78 is 39.4. The minimum atomic E-state index is -4.42. The van der Waals surface area contributed by atoms with Crippen LogP contribution in [0.15, 0.2) is 53.9 Å². The van der Waals surface area contributed by atoms with Crippen molar-refractivity contribution in [1.82, 2.24) is 4.98 Å². The number of rotatable bonds is 5. The maximum atomic E-state index is 13.1. The summed E-state index contributed by atoms with van der Waals surface area (Å²) in [6.07, 6.45) is -4.40. The van der Waals surface area contributed by atoms with Crippen LogP contribution in [0.5, 0.6) is 0 Å². The zero-order chi connectivity index (χ0) is 20.3. The molecule has 0 unspecified atom stereocenters.